The molecule has 1 rings (SSSR count). The van der Waals surface area contributed by atoms with E-state index in [4.69, 9.17) is 0 Å². The first-order valence-electron chi connectivity index (χ1n) is 7.40. The average Bonchev–Trinajstić information content (AvgIpc) is 2.29. The van der Waals surface area contributed by atoms with Crippen molar-refractivity contribution in [2.24, 2.45) is 0 Å². The summed E-state index contributed by atoms with van der Waals surface area (Å²) in [5.74, 6) is 0. The van der Waals surface area contributed by atoms with Gasteiger partial charge in [-0.25, -0.2) is 0 Å². The molecule has 0 N–H and O–H groups in total. The van der Waals surface area contributed by atoms with E-state index in [1.165, 1.54) is 11.1 Å². The molecular weight excluding hydrogens is 276 g/mol. The zero-order valence-corrected chi connectivity index (χ0v) is 15.7. The molecule has 0 amide bonds. The highest BCUT2D eigenvalue weighted by atomic mass is 28.3. The normalized spacial score (nSPS) is 21.8. The van der Waals surface area contributed by atoms with Crippen molar-refractivity contribution in [3.8, 4) is 12.1 Å². The molecule has 0 aromatic carbocycles. The molecular formula is C16H26N2Si2. The topological polar surface area (TPSA) is 47.6 Å². The first-order chi connectivity index (χ1) is 9.12. The van der Waals surface area contributed by atoms with Crippen LogP contribution in [0.25, 0.3) is 0 Å². The number of hydrogen-bond donors (Lipinski definition) is 0. The maximum Gasteiger partial charge on any atom is 0.0915 e. The van der Waals surface area contributed by atoms with Gasteiger partial charge in [0.2, 0.25) is 0 Å². The molecule has 0 saturated heterocycles. The lowest BCUT2D eigenvalue weighted by Gasteiger charge is -2.29. The molecule has 1 fully saturated rings. The second-order valence-corrected chi connectivity index (χ2v) is 17.6. The zero-order valence-electron chi connectivity index (χ0n) is 13.7. The molecule has 0 spiro atoms. The van der Waals surface area contributed by atoms with Gasteiger partial charge in [-0.2, -0.15) is 10.5 Å². The third kappa shape index (κ3) is 3.71. The predicted molar refractivity (Wildman–Crippen MR) is 90.4 cm³/mol. The minimum atomic E-state index is -1.64. The monoisotopic (exact) mass is 302 g/mol. The predicted octanol–water partition coefficient (Wildman–Crippen LogP) is 4.96. The zero-order chi connectivity index (χ0) is 15.6. The van der Waals surface area contributed by atoms with Crippen molar-refractivity contribution < 1.29 is 0 Å². The van der Waals surface area contributed by atoms with Gasteiger partial charge in [-0.3, -0.25) is 0 Å². The molecule has 4 heteroatoms. The van der Waals surface area contributed by atoms with Crippen LogP contribution in [-0.4, -0.2) is 16.1 Å². The summed E-state index contributed by atoms with van der Waals surface area (Å²) in [5, 5.41) is 21.3. The fourth-order valence-corrected chi connectivity index (χ4v) is 5.87. The van der Waals surface area contributed by atoms with Crippen molar-refractivity contribution in [3.63, 3.8) is 0 Å². The van der Waals surface area contributed by atoms with Crippen molar-refractivity contribution >= 4 is 16.1 Å². The summed E-state index contributed by atoms with van der Waals surface area (Å²) in [6, 6.07) is 4.97. The van der Waals surface area contributed by atoms with E-state index in [1.54, 1.807) is 0 Å². The highest BCUT2D eigenvalue weighted by molar-refractivity contribution is 6.85. The van der Waals surface area contributed by atoms with E-state index in [1.807, 2.05) is 0 Å². The second-order valence-electron chi connectivity index (χ2n) is 7.64. The largest absolute Gasteiger partial charge is 0.193 e. The minimum absolute atomic E-state index is 0.984. The lowest BCUT2D eigenvalue weighted by Crippen LogP contribution is -2.29. The Kier molecular flexibility index (Phi) is 5.18. The lowest BCUT2D eigenvalue weighted by molar-refractivity contribution is 0.676. The van der Waals surface area contributed by atoms with E-state index >= 15 is 0 Å². The van der Waals surface area contributed by atoms with E-state index in [0.717, 1.165) is 36.1 Å². The van der Waals surface area contributed by atoms with Crippen LogP contribution < -0.4 is 0 Å². The van der Waals surface area contributed by atoms with Crippen molar-refractivity contribution in [1.82, 2.24) is 0 Å². The van der Waals surface area contributed by atoms with Crippen LogP contribution >= 0.6 is 0 Å². The van der Waals surface area contributed by atoms with Crippen LogP contribution in [-0.2, 0) is 0 Å². The molecule has 0 unspecified atom stereocenters. The van der Waals surface area contributed by atoms with Gasteiger partial charge in [-0.05, 0) is 36.8 Å². The van der Waals surface area contributed by atoms with Crippen LogP contribution in [0.3, 0.4) is 0 Å². The SMILES string of the molecule is C[Si](C)(C)/C(C#N)=C1\CCCC\C1=C(\C#N)[Si](C)(C)C. The van der Waals surface area contributed by atoms with Crippen molar-refractivity contribution in [2.45, 2.75) is 65.0 Å². The first kappa shape index (κ1) is 16.9. The van der Waals surface area contributed by atoms with E-state index in [9.17, 15) is 10.5 Å². The summed E-state index contributed by atoms with van der Waals surface area (Å²) < 4.78 is 0. The van der Waals surface area contributed by atoms with Crippen LogP contribution in [0.2, 0.25) is 39.3 Å². The number of nitrogens with zero attached hydrogens (tertiary/aromatic N) is 2. The smallest absolute Gasteiger partial charge is 0.0915 e. The van der Waals surface area contributed by atoms with Gasteiger partial charge in [0.15, 0.2) is 0 Å². The molecule has 108 valence electrons. The maximum absolute atomic E-state index is 9.62. The number of nitriles is 2. The molecule has 1 aliphatic rings. The minimum Gasteiger partial charge on any atom is -0.193 e. The van der Waals surface area contributed by atoms with E-state index < -0.39 is 16.1 Å². The summed E-state index contributed by atoms with van der Waals surface area (Å²) in [6.07, 6.45) is 4.27. The van der Waals surface area contributed by atoms with Gasteiger partial charge >= 0.3 is 0 Å². The summed E-state index contributed by atoms with van der Waals surface area (Å²) in [5.41, 5.74) is 2.47. The van der Waals surface area contributed by atoms with Crippen LogP contribution in [0.4, 0.5) is 0 Å². The molecule has 0 aliphatic heterocycles. The fourth-order valence-electron chi connectivity index (χ4n) is 2.83. The van der Waals surface area contributed by atoms with Crippen molar-refractivity contribution in [1.29, 1.82) is 10.5 Å². The van der Waals surface area contributed by atoms with Gasteiger partial charge in [0.1, 0.15) is 0 Å². The molecule has 0 aromatic rings. The Balaban J connectivity index is 3.60. The third-order valence-corrected chi connectivity index (χ3v) is 7.62. The summed E-state index contributed by atoms with van der Waals surface area (Å²) in [6.45, 7) is 13.4. The Morgan fingerprint density at radius 1 is 0.750 bits per heavy atom. The highest BCUT2D eigenvalue weighted by Crippen LogP contribution is 2.37. The molecule has 20 heavy (non-hydrogen) atoms. The quantitative estimate of drug-likeness (QED) is 0.535. The third-order valence-electron chi connectivity index (χ3n) is 3.79. The highest BCUT2D eigenvalue weighted by Gasteiger charge is 2.31. The van der Waals surface area contributed by atoms with Gasteiger partial charge in [0.25, 0.3) is 0 Å². The number of allylic oxidation sites excluding steroid dienone is 4. The summed E-state index contributed by atoms with van der Waals surface area (Å²) >= 11 is 0. The number of rotatable bonds is 2. The Morgan fingerprint density at radius 3 is 1.25 bits per heavy atom. The van der Waals surface area contributed by atoms with Crippen LogP contribution in [0, 0.1) is 22.7 Å². The lowest BCUT2D eigenvalue weighted by atomic mass is 9.89. The van der Waals surface area contributed by atoms with Gasteiger partial charge < -0.3 is 0 Å². The molecule has 1 saturated carbocycles. The van der Waals surface area contributed by atoms with Gasteiger partial charge in [-0.15, -0.1) is 0 Å². The van der Waals surface area contributed by atoms with Crippen molar-refractivity contribution in [3.05, 3.63) is 21.5 Å². The molecule has 0 atom stereocenters. The van der Waals surface area contributed by atoms with Crippen molar-refractivity contribution in [2.75, 3.05) is 0 Å². The first-order valence-corrected chi connectivity index (χ1v) is 14.4. The van der Waals surface area contributed by atoms with Crippen LogP contribution in [0.15, 0.2) is 21.5 Å². The molecule has 0 bridgehead atoms. The molecule has 0 heterocycles. The second kappa shape index (κ2) is 6.12. The standard InChI is InChI=1S/C16H26N2Si2/c1-19(2,3)15(11-17)13-9-7-8-10-14(13)16(12-18)20(4,5)6/h7-10H2,1-6H3/b15-13+,16-14+. The summed E-state index contributed by atoms with van der Waals surface area (Å²) in [4.78, 5) is 0. The number of hydrogen-bond acceptors (Lipinski definition) is 2. The molecule has 0 aromatic heterocycles. The Bertz CT molecular complexity index is 479. The molecule has 2 nitrogen and oxygen atoms in total. The van der Waals surface area contributed by atoms with Gasteiger partial charge in [0, 0.05) is 10.4 Å². The van der Waals surface area contributed by atoms with Gasteiger partial charge in [0.05, 0.1) is 28.3 Å². The fraction of sp³-hybridized carbons (Fsp3) is 0.625. The Morgan fingerprint density at radius 2 is 1.05 bits per heavy atom. The molecule has 1 aliphatic carbocycles. The van der Waals surface area contributed by atoms with Gasteiger partial charge in [-0.1, -0.05) is 39.3 Å². The maximum atomic E-state index is 9.62. The Hall–Kier alpha value is -1.11. The Labute approximate surface area is 125 Å². The van der Waals surface area contributed by atoms with Crippen LogP contribution in [0.1, 0.15) is 25.7 Å². The van der Waals surface area contributed by atoms with E-state index in [0.29, 0.717) is 0 Å². The summed E-state index contributed by atoms with van der Waals surface area (Å²) in [7, 11) is -3.29. The van der Waals surface area contributed by atoms with Crippen LogP contribution in [0.5, 0.6) is 0 Å². The van der Waals surface area contributed by atoms with E-state index in [2.05, 4.69) is 51.4 Å². The van der Waals surface area contributed by atoms with E-state index in [-0.39, 0.29) is 0 Å². The molecule has 0 radical (unpaired) electrons. The average molecular weight is 303 g/mol.